The average molecular weight is 234 g/mol. The fourth-order valence-corrected chi connectivity index (χ4v) is 1.18. The zero-order valence-electron chi connectivity index (χ0n) is 7.97. The summed E-state index contributed by atoms with van der Waals surface area (Å²) in [6.45, 7) is 1.74. The molecule has 1 N–H and O–H groups in total. The van der Waals surface area contributed by atoms with Crippen molar-refractivity contribution < 1.29 is 18.7 Å². The molecule has 0 amide bonds. The van der Waals surface area contributed by atoms with Crippen LogP contribution in [-0.4, -0.2) is 29.2 Å². The summed E-state index contributed by atoms with van der Waals surface area (Å²) in [5.41, 5.74) is -0.585. The monoisotopic (exact) mass is 233 g/mol. The van der Waals surface area contributed by atoms with E-state index >= 15 is 0 Å². The number of Topliss-reactive ketones (excluding diaryl/α,β-unsaturated/α-hetero) is 1. The molecule has 0 saturated carbocycles. The summed E-state index contributed by atoms with van der Waals surface area (Å²) < 4.78 is 18.0. The molecule has 4 nitrogen and oxygen atoms in total. The second kappa shape index (κ2) is 4.93. The van der Waals surface area contributed by atoms with Gasteiger partial charge in [-0.05, 0) is 6.92 Å². The van der Waals surface area contributed by atoms with Gasteiger partial charge in [0.15, 0.2) is 17.3 Å². The maximum atomic E-state index is 13.4. The van der Waals surface area contributed by atoms with E-state index in [-0.39, 0.29) is 23.7 Å². The minimum atomic E-state index is -0.917. The summed E-state index contributed by atoms with van der Waals surface area (Å²) in [6, 6.07) is 0. The van der Waals surface area contributed by atoms with Gasteiger partial charge in [0.05, 0.1) is 18.1 Å². The molecule has 0 aliphatic carbocycles. The smallest absolute Gasteiger partial charge is 0.357 e. The first-order valence-corrected chi connectivity index (χ1v) is 4.78. The fourth-order valence-electron chi connectivity index (χ4n) is 1.03. The van der Waals surface area contributed by atoms with Crippen molar-refractivity contribution in [2.45, 2.75) is 6.92 Å². The standard InChI is InChI=1S/C9H9ClFNO3/c1-2-15-9(14)8-7(11)5(4-12-8)6(13)3-10/h4,12H,2-3H2,1H3. The highest BCUT2D eigenvalue weighted by Gasteiger charge is 2.21. The van der Waals surface area contributed by atoms with E-state index in [9.17, 15) is 14.0 Å². The first kappa shape index (κ1) is 11.7. The summed E-state index contributed by atoms with van der Waals surface area (Å²) in [7, 11) is 0. The van der Waals surface area contributed by atoms with Crippen LogP contribution in [0.1, 0.15) is 27.8 Å². The number of aromatic nitrogens is 1. The molecule has 1 rings (SSSR count). The Bertz CT molecular complexity index is 389. The van der Waals surface area contributed by atoms with Gasteiger partial charge in [0.2, 0.25) is 0 Å². The molecular formula is C9H9ClFNO3. The van der Waals surface area contributed by atoms with E-state index in [0.29, 0.717) is 0 Å². The van der Waals surface area contributed by atoms with E-state index in [1.165, 1.54) is 0 Å². The lowest BCUT2D eigenvalue weighted by molar-refractivity contribution is 0.0515. The number of rotatable bonds is 4. The number of carbonyl (C=O) groups excluding carboxylic acids is 2. The van der Waals surface area contributed by atoms with Gasteiger partial charge in [-0.2, -0.15) is 0 Å². The maximum Gasteiger partial charge on any atom is 0.357 e. The first-order valence-electron chi connectivity index (χ1n) is 4.25. The highest BCUT2D eigenvalue weighted by atomic mass is 35.5. The fraction of sp³-hybridized carbons (Fsp3) is 0.333. The number of ketones is 1. The molecule has 82 valence electrons. The van der Waals surface area contributed by atoms with Gasteiger partial charge in [-0.1, -0.05) is 0 Å². The maximum absolute atomic E-state index is 13.4. The number of aromatic amines is 1. The van der Waals surface area contributed by atoms with Crippen molar-refractivity contribution in [2.75, 3.05) is 12.5 Å². The number of hydrogen-bond donors (Lipinski definition) is 1. The molecule has 1 heterocycles. The third-order valence-corrected chi connectivity index (χ3v) is 1.96. The molecule has 0 radical (unpaired) electrons. The zero-order chi connectivity index (χ0) is 11.4. The van der Waals surface area contributed by atoms with Gasteiger partial charge in [-0.25, -0.2) is 9.18 Å². The molecule has 0 aliphatic rings. The largest absolute Gasteiger partial charge is 0.461 e. The molecule has 0 spiro atoms. The third-order valence-electron chi connectivity index (χ3n) is 1.72. The predicted octanol–water partition coefficient (Wildman–Crippen LogP) is 1.75. The van der Waals surface area contributed by atoms with Crippen LogP contribution in [0.25, 0.3) is 0 Å². The van der Waals surface area contributed by atoms with Gasteiger partial charge in [-0.3, -0.25) is 4.79 Å². The predicted molar refractivity (Wildman–Crippen MR) is 51.8 cm³/mol. The van der Waals surface area contributed by atoms with Crippen LogP contribution in [0.15, 0.2) is 6.20 Å². The van der Waals surface area contributed by atoms with Crippen LogP contribution < -0.4 is 0 Å². The van der Waals surface area contributed by atoms with Crippen LogP contribution in [0.3, 0.4) is 0 Å². The number of nitrogens with one attached hydrogen (secondary N) is 1. The number of H-pyrrole nitrogens is 1. The van der Waals surface area contributed by atoms with Crippen LogP contribution >= 0.6 is 11.6 Å². The van der Waals surface area contributed by atoms with Crippen LogP contribution in [0.2, 0.25) is 0 Å². The number of halogens is 2. The van der Waals surface area contributed by atoms with Crippen molar-refractivity contribution >= 4 is 23.4 Å². The van der Waals surface area contributed by atoms with Crippen LogP contribution in [0.5, 0.6) is 0 Å². The normalized spacial score (nSPS) is 10.1. The highest BCUT2D eigenvalue weighted by molar-refractivity contribution is 6.30. The number of hydrogen-bond acceptors (Lipinski definition) is 3. The third kappa shape index (κ3) is 2.36. The lowest BCUT2D eigenvalue weighted by Crippen LogP contribution is -2.08. The minimum Gasteiger partial charge on any atom is -0.461 e. The molecule has 0 unspecified atom stereocenters. The van der Waals surface area contributed by atoms with E-state index in [4.69, 9.17) is 11.6 Å². The average Bonchev–Trinajstić information content (AvgIpc) is 2.59. The molecule has 0 atom stereocenters. The van der Waals surface area contributed by atoms with Crippen molar-refractivity contribution in [2.24, 2.45) is 0 Å². The van der Waals surface area contributed by atoms with E-state index in [2.05, 4.69) is 9.72 Å². The second-order valence-corrected chi connectivity index (χ2v) is 2.94. The van der Waals surface area contributed by atoms with Gasteiger partial charge in [0.1, 0.15) is 0 Å². The number of esters is 1. The Balaban J connectivity index is 2.98. The van der Waals surface area contributed by atoms with E-state index in [1.807, 2.05) is 0 Å². The minimum absolute atomic E-state index is 0.135. The summed E-state index contributed by atoms with van der Waals surface area (Å²) >= 11 is 5.26. The Morgan fingerprint density at radius 2 is 2.27 bits per heavy atom. The highest BCUT2D eigenvalue weighted by Crippen LogP contribution is 2.14. The summed E-state index contributed by atoms with van der Waals surface area (Å²) in [5, 5.41) is 0. The Morgan fingerprint density at radius 3 is 2.80 bits per heavy atom. The lowest BCUT2D eigenvalue weighted by atomic mass is 10.2. The first-order chi connectivity index (χ1) is 7.11. The Hall–Kier alpha value is -1.36. The van der Waals surface area contributed by atoms with Crippen LogP contribution in [0.4, 0.5) is 4.39 Å². The molecule has 1 aromatic rings. The zero-order valence-corrected chi connectivity index (χ0v) is 8.73. The van der Waals surface area contributed by atoms with Crippen molar-refractivity contribution in [1.82, 2.24) is 4.98 Å². The van der Waals surface area contributed by atoms with Gasteiger partial charge in [0, 0.05) is 6.20 Å². The second-order valence-electron chi connectivity index (χ2n) is 2.67. The SMILES string of the molecule is CCOC(=O)c1[nH]cc(C(=O)CCl)c1F. The Labute approximate surface area is 90.4 Å². The van der Waals surface area contributed by atoms with E-state index in [1.54, 1.807) is 6.92 Å². The van der Waals surface area contributed by atoms with E-state index < -0.39 is 17.6 Å². The van der Waals surface area contributed by atoms with Gasteiger partial charge >= 0.3 is 5.97 Å². The molecule has 15 heavy (non-hydrogen) atoms. The van der Waals surface area contributed by atoms with Crippen molar-refractivity contribution in [3.05, 3.63) is 23.3 Å². The lowest BCUT2D eigenvalue weighted by Gasteiger charge is -1.98. The van der Waals surface area contributed by atoms with Gasteiger partial charge < -0.3 is 9.72 Å². The Morgan fingerprint density at radius 1 is 1.60 bits per heavy atom. The summed E-state index contributed by atoms with van der Waals surface area (Å²) in [4.78, 5) is 24.6. The van der Waals surface area contributed by atoms with E-state index in [0.717, 1.165) is 6.20 Å². The van der Waals surface area contributed by atoms with Crippen molar-refractivity contribution in [1.29, 1.82) is 0 Å². The molecule has 0 aromatic carbocycles. The van der Waals surface area contributed by atoms with Crippen LogP contribution in [-0.2, 0) is 4.74 Å². The van der Waals surface area contributed by atoms with Crippen LogP contribution in [0, 0.1) is 5.82 Å². The summed E-state index contributed by atoms with van der Waals surface area (Å²) in [6.07, 6.45) is 1.10. The number of carbonyl (C=O) groups is 2. The molecule has 0 fully saturated rings. The molecule has 0 aliphatic heterocycles. The summed E-state index contributed by atoms with van der Waals surface area (Å²) in [5.74, 6) is -2.67. The number of alkyl halides is 1. The van der Waals surface area contributed by atoms with Crippen molar-refractivity contribution in [3.63, 3.8) is 0 Å². The Kier molecular flexibility index (Phi) is 3.85. The molecule has 0 bridgehead atoms. The molecule has 6 heteroatoms. The van der Waals surface area contributed by atoms with Gasteiger partial charge in [-0.15, -0.1) is 11.6 Å². The molecular weight excluding hydrogens is 225 g/mol. The van der Waals surface area contributed by atoms with Crippen molar-refractivity contribution in [3.8, 4) is 0 Å². The topological polar surface area (TPSA) is 59.2 Å². The molecule has 0 saturated heterocycles. The quantitative estimate of drug-likeness (QED) is 0.490. The van der Waals surface area contributed by atoms with Gasteiger partial charge in [0.25, 0.3) is 0 Å². The number of ether oxygens (including phenoxy) is 1. The molecule has 1 aromatic heterocycles.